The van der Waals surface area contributed by atoms with Gasteiger partial charge in [-0.25, -0.2) is 8.78 Å². The highest BCUT2D eigenvalue weighted by molar-refractivity contribution is 5.66. The standard InChI is InChI=1S/C11H13F2NO3/c1-17-10-4-6(7(12)5-8(10)13)9(14)2-3-11(15)16/h4-5,9H,2-3,14H2,1H3,(H,15,16). The summed E-state index contributed by atoms with van der Waals surface area (Å²) < 4.78 is 31.2. The first-order valence-electron chi connectivity index (χ1n) is 4.96. The van der Waals surface area contributed by atoms with Crippen molar-refractivity contribution >= 4 is 5.97 Å². The number of halogens is 2. The molecule has 0 aliphatic rings. The molecule has 0 saturated carbocycles. The Morgan fingerprint density at radius 1 is 1.47 bits per heavy atom. The smallest absolute Gasteiger partial charge is 0.303 e. The van der Waals surface area contributed by atoms with Crippen molar-refractivity contribution in [1.29, 1.82) is 0 Å². The van der Waals surface area contributed by atoms with Crippen LogP contribution in [0, 0.1) is 11.6 Å². The van der Waals surface area contributed by atoms with Crippen LogP contribution in [0.15, 0.2) is 12.1 Å². The van der Waals surface area contributed by atoms with E-state index in [2.05, 4.69) is 0 Å². The van der Waals surface area contributed by atoms with Gasteiger partial charge >= 0.3 is 5.97 Å². The van der Waals surface area contributed by atoms with Gasteiger partial charge in [0.15, 0.2) is 11.6 Å². The van der Waals surface area contributed by atoms with E-state index in [4.69, 9.17) is 15.6 Å². The molecule has 0 aromatic heterocycles. The van der Waals surface area contributed by atoms with E-state index in [1.54, 1.807) is 0 Å². The molecule has 0 radical (unpaired) electrons. The van der Waals surface area contributed by atoms with E-state index < -0.39 is 23.6 Å². The summed E-state index contributed by atoms with van der Waals surface area (Å²) in [5.74, 6) is -2.76. The molecule has 1 unspecified atom stereocenters. The fourth-order valence-electron chi connectivity index (χ4n) is 1.42. The largest absolute Gasteiger partial charge is 0.494 e. The summed E-state index contributed by atoms with van der Waals surface area (Å²) in [4.78, 5) is 10.4. The number of carboxylic acid groups (broad SMARTS) is 1. The van der Waals surface area contributed by atoms with Crippen LogP contribution in [0.1, 0.15) is 24.4 Å². The van der Waals surface area contributed by atoms with E-state index >= 15 is 0 Å². The second kappa shape index (κ2) is 5.58. The Morgan fingerprint density at radius 3 is 2.65 bits per heavy atom. The summed E-state index contributed by atoms with van der Waals surface area (Å²) in [5, 5.41) is 8.49. The number of aliphatic carboxylic acids is 1. The summed E-state index contributed by atoms with van der Waals surface area (Å²) in [6.07, 6.45) is -0.110. The Kier molecular flexibility index (Phi) is 4.39. The van der Waals surface area contributed by atoms with Crippen LogP contribution < -0.4 is 10.5 Å². The molecule has 0 fully saturated rings. The third-order valence-electron chi connectivity index (χ3n) is 2.34. The van der Waals surface area contributed by atoms with E-state index in [0.29, 0.717) is 6.07 Å². The van der Waals surface area contributed by atoms with Crippen LogP contribution in [-0.2, 0) is 4.79 Å². The number of hydrogen-bond acceptors (Lipinski definition) is 3. The van der Waals surface area contributed by atoms with E-state index in [9.17, 15) is 13.6 Å². The molecule has 1 atom stereocenters. The lowest BCUT2D eigenvalue weighted by molar-refractivity contribution is -0.137. The molecule has 0 aliphatic carbocycles. The first-order valence-corrected chi connectivity index (χ1v) is 4.96. The lowest BCUT2D eigenvalue weighted by Gasteiger charge is -2.13. The lowest BCUT2D eigenvalue weighted by Crippen LogP contribution is -2.14. The molecule has 4 nitrogen and oxygen atoms in total. The SMILES string of the molecule is COc1cc(C(N)CCC(=O)O)c(F)cc1F. The monoisotopic (exact) mass is 245 g/mol. The summed E-state index contributed by atoms with van der Waals surface area (Å²) in [7, 11) is 1.25. The van der Waals surface area contributed by atoms with Crippen LogP contribution in [0.4, 0.5) is 8.78 Å². The normalized spacial score (nSPS) is 12.2. The number of nitrogens with two attached hydrogens (primary N) is 1. The number of hydrogen-bond donors (Lipinski definition) is 2. The molecule has 0 bridgehead atoms. The molecule has 0 heterocycles. The van der Waals surface area contributed by atoms with Gasteiger partial charge in [0, 0.05) is 24.1 Å². The van der Waals surface area contributed by atoms with Gasteiger partial charge < -0.3 is 15.6 Å². The second-order valence-corrected chi connectivity index (χ2v) is 3.55. The van der Waals surface area contributed by atoms with Crippen LogP contribution >= 0.6 is 0 Å². The van der Waals surface area contributed by atoms with Crippen LogP contribution in [-0.4, -0.2) is 18.2 Å². The van der Waals surface area contributed by atoms with E-state index in [0.717, 1.165) is 6.07 Å². The van der Waals surface area contributed by atoms with Gasteiger partial charge in [0.25, 0.3) is 0 Å². The van der Waals surface area contributed by atoms with Gasteiger partial charge in [-0.2, -0.15) is 0 Å². The third-order valence-corrected chi connectivity index (χ3v) is 2.34. The average Bonchev–Trinajstić information content (AvgIpc) is 2.26. The highest BCUT2D eigenvalue weighted by Crippen LogP contribution is 2.26. The second-order valence-electron chi connectivity index (χ2n) is 3.55. The zero-order valence-corrected chi connectivity index (χ0v) is 9.24. The zero-order chi connectivity index (χ0) is 13.0. The summed E-state index contributed by atoms with van der Waals surface area (Å²) in [5.41, 5.74) is 5.68. The molecular formula is C11H13F2NO3. The number of benzene rings is 1. The van der Waals surface area contributed by atoms with Crippen molar-refractivity contribution in [3.63, 3.8) is 0 Å². The number of ether oxygens (including phenoxy) is 1. The van der Waals surface area contributed by atoms with Crippen LogP contribution in [0.3, 0.4) is 0 Å². The molecule has 6 heteroatoms. The van der Waals surface area contributed by atoms with Crippen LogP contribution in [0.25, 0.3) is 0 Å². The van der Waals surface area contributed by atoms with Crippen LogP contribution in [0.2, 0.25) is 0 Å². The van der Waals surface area contributed by atoms with E-state index in [-0.39, 0.29) is 24.2 Å². The maximum Gasteiger partial charge on any atom is 0.303 e. The molecule has 0 amide bonds. The highest BCUT2D eigenvalue weighted by atomic mass is 19.1. The molecule has 94 valence electrons. The van der Waals surface area contributed by atoms with Crippen LogP contribution in [0.5, 0.6) is 5.75 Å². The predicted octanol–water partition coefficient (Wildman–Crippen LogP) is 1.84. The topological polar surface area (TPSA) is 72.5 Å². The maximum atomic E-state index is 13.4. The van der Waals surface area contributed by atoms with Gasteiger partial charge in [0.1, 0.15) is 5.82 Å². The molecule has 17 heavy (non-hydrogen) atoms. The predicted molar refractivity (Wildman–Crippen MR) is 56.7 cm³/mol. The fraction of sp³-hybridized carbons (Fsp3) is 0.364. The van der Waals surface area contributed by atoms with Crippen molar-refractivity contribution in [2.24, 2.45) is 5.73 Å². The summed E-state index contributed by atoms with van der Waals surface area (Å²) >= 11 is 0. The Balaban J connectivity index is 2.92. The van der Waals surface area contributed by atoms with Gasteiger partial charge in [-0.15, -0.1) is 0 Å². The Morgan fingerprint density at radius 2 is 2.12 bits per heavy atom. The van der Waals surface area contributed by atoms with Crippen molar-refractivity contribution < 1.29 is 23.4 Å². The first kappa shape index (κ1) is 13.4. The molecule has 1 rings (SSSR count). The van der Waals surface area contributed by atoms with Gasteiger partial charge in [-0.3, -0.25) is 4.79 Å². The Hall–Kier alpha value is -1.69. The fourth-order valence-corrected chi connectivity index (χ4v) is 1.42. The molecule has 3 N–H and O–H groups in total. The van der Waals surface area contributed by atoms with E-state index in [1.165, 1.54) is 7.11 Å². The van der Waals surface area contributed by atoms with Crippen molar-refractivity contribution in [3.05, 3.63) is 29.3 Å². The highest BCUT2D eigenvalue weighted by Gasteiger charge is 2.16. The Labute approximate surface area is 97.0 Å². The molecule has 0 spiro atoms. The Bertz CT molecular complexity index is 423. The summed E-state index contributed by atoms with van der Waals surface area (Å²) in [6, 6.07) is 1.02. The minimum atomic E-state index is -1.02. The maximum absolute atomic E-state index is 13.4. The molecule has 1 aromatic rings. The number of rotatable bonds is 5. The van der Waals surface area contributed by atoms with Gasteiger partial charge in [-0.1, -0.05) is 0 Å². The van der Waals surface area contributed by atoms with Gasteiger partial charge in [0.2, 0.25) is 0 Å². The summed E-state index contributed by atoms with van der Waals surface area (Å²) in [6.45, 7) is 0. The lowest BCUT2D eigenvalue weighted by atomic mass is 10.0. The minimum Gasteiger partial charge on any atom is -0.494 e. The number of carboxylic acids is 1. The quantitative estimate of drug-likeness (QED) is 0.830. The van der Waals surface area contributed by atoms with E-state index in [1.807, 2.05) is 0 Å². The number of methoxy groups -OCH3 is 1. The molecule has 1 aromatic carbocycles. The van der Waals surface area contributed by atoms with Crippen molar-refractivity contribution in [3.8, 4) is 5.75 Å². The molecule has 0 aliphatic heterocycles. The van der Waals surface area contributed by atoms with Gasteiger partial charge in [-0.05, 0) is 12.5 Å². The first-order chi connectivity index (χ1) is 7.95. The van der Waals surface area contributed by atoms with Crippen molar-refractivity contribution in [1.82, 2.24) is 0 Å². The number of carbonyl (C=O) groups is 1. The average molecular weight is 245 g/mol. The molecule has 0 saturated heterocycles. The minimum absolute atomic E-state index is 0.0458. The van der Waals surface area contributed by atoms with Crippen molar-refractivity contribution in [2.75, 3.05) is 7.11 Å². The zero-order valence-electron chi connectivity index (χ0n) is 9.24. The van der Waals surface area contributed by atoms with Crippen molar-refractivity contribution in [2.45, 2.75) is 18.9 Å². The molecular weight excluding hydrogens is 232 g/mol. The third kappa shape index (κ3) is 3.39. The van der Waals surface area contributed by atoms with Gasteiger partial charge in [0.05, 0.1) is 7.11 Å².